The molecule has 15 heavy (non-hydrogen) atoms. The minimum atomic E-state index is 0.508. The van der Waals surface area contributed by atoms with E-state index in [0.717, 1.165) is 18.9 Å². The Labute approximate surface area is 90.2 Å². The van der Waals surface area contributed by atoms with E-state index in [1.54, 1.807) is 0 Å². The van der Waals surface area contributed by atoms with Gasteiger partial charge in [-0.15, -0.1) is 5.10 Å². The summed E-state index contributed by atoms with van der Waals surface area (Å²) in [7, 11) is 0. The SMILES string of the molecule is CCNCc1nnnn1C1CCCC1C. The third kappa shape index (κ3) is 2.17. The van der Waals surface area contributed by atoms with Crippen LogP contribution in [-0.2, 0) is 6.54 Å². The van der Waals surface area contributed by atoms with E-state index in [2.05, 4.69) is 34.7 Å². The maximum absolute atomic E-state index is 4.12. The van der Waals surface area contributed by atoms with E-state index < -0.39 is 0 Å². The molecule has 0 amide bonds. The fraction of sp³-hybridized carbons (Fsp3) is 0.900. The van der Waals surface area contributed by atoms with Crippen LogP contribution >= 0.6 is 0 Å². The van der Waals surface area contributed by atoms with E-state index in [1.165, 1.54) is 19.3 Å². The number of rotatable bonds is 4. The van der Waals surface area contributed by atoms with Gasteiger partial charge in [0.2, 0.25) is 0 Å². The molecule has 1 N–H and O–H groups in total. The van der Waals surface area contributed by atoms with Crippen LogP contribution in [0.25, 0.3) is 0 Å². The van der Waals surface area contributed by atoms with E-state index in [1.807, 2.05) is 4.68 Å². The predicted octanol–water partition coefficient (Wildman–Crippen LogP) is 1.14. The van der Waals surface area contributed by atoms with Gasteiger partial charge in [-0.2, -0.15) is 0 Å². The average Bonchev–Trinajstić information content (AvgIpc) is 2.82. The van der Waals surface area contributed by atoms with Crippen LogP contribution in [0, 0.1) is 5.92 Å². The zero-order valence-corrected chi connectivity index (χ0v) is 9.48. The number of tetrazole rings is 1. The molecular weight excluding hydrogens is 190 g/mol. The van der Waals surface area contributed by atoms with Gasteiger partial charge in [0.1, 0.15) is 0 Å². The quantitative estimate of drug-likeness (QED) is 0.808. The summed E-state index contributed by atoms with van der Waals surface area (Å²) < 4.78 is 2.01. The molecule has 1 aliphatic rings. The van der Waals surface area contributed by atoms with E-state index in [9.17, 15) is 0 Å². The fourth-order valence-corrected chi connectivity index (χ4v) is 2.31. The Hall–Kier alpha value is -0.970. The van der Waals surface area contributed by atoms with Crippen LogP contribution < -0.4 is 5.32 Å². The molecule has 0 aliphatic heterocycles. The zero-order chi connectivity index (χ0) is 10.7. The second-order valence-corrected chi connectivity index (χ2v) is 4.30. The van der Waals surface area contributed by atoms with Gasteiger partial charge in [-0.1, -0.05) is 20.3 Å². The molecule has 2 atom stereocenters. The van der Waals surface area contributed by atoms with Gasteiger partial charge >= 0.3 is 0 Å². The van der Waals surface area contributed by atoms with Crippen molar-refractivity contribution in [3.8, 4) is 0 Å². The summed E-state index contributed by atoms with van der Waals surface area (Å²) in [6.45, 7) is 6.10. The molecular formula is C10H19N5. The van der Waals surface area contributed by atoms with Gasteiger partial charge in [0, 0.05) is 0 Å². The molecule has 1 saturated carbocycles. The van der Waals surface area contributed by atoms with Gasteiger partial charge in [0.25, 0.3) is 0 Å². The third-order valence-corrected chi connectivity index (χ3v) is 3.22. The molecule has 1 aliphatic carbocycles. The summed E-state index contributed by atoms with van der Waals surface area (Å²) in [5, 5.41) is 15.2. The molecule has 84 valence electrons. The summed E-state index contributed by atoms with van der Waals surface area (Å²) >= 11 is 0. The van der Waals surface area contributed by atoms with Crippen molar-refractivity contribution >= 4 is 0 Å². The first kappa shape index (κ1) is 10.5. The van der Waals surface area contributed by atoms with Gasteiger partial charge in [0.05, 0.1) is 12.6 Å². The first-order valence-electron chi connectivity index (χ1n) is 5.80. The number of nitrogens with zero attached hydrogens (tertiary/aromatic N) is 4. The highest BCUT2D eigenvalue weighted by Crippen LogP contribution is 2.34. The largest absolute Gasteiger partial charge is 0.310 e. The Balaban J connectivity index is 2.09. The standard InChI is InChI=1S/C10H19N5/c1-3-11-7-10-12-13-14-15(10)9-6-4-5-8(9)2/h8-9,11H,3-7H2,1-2H3. The first-order chi connectivity index (χ1) is 7.33. The summed E-state index contributed by atoms with van der Waals surface area (Å²) in [6, 6.07) is 0.508. The molecule has 5 heteroatoms. The minimum Gasteiger partial charge on any atom is -0.310 e. The number of hydrogen-bond acceptors (Lipinski definition) is 4. The van der Waals surface area contributed by atoms with Gasteiger partial charge in [-0.3, -0.25) is 0 Å². The second kappa shape index (κ2) is 4.70. The van der Waals surface area contributed by atoms with Crippen LogP contribution in [0.4, 0.5) is 0 Å². The van der Waals surface area contributed by atoms with Crippen LogP contribution in [0.1, 0.15) is 45.0 Å². The normalized spacial score (nSPS) is 26.0. The Morgan fingerprint density at radius 1 is 1.47 bits per heavy atom. The zero-order valence-electron chi connectivity index (χ0n) is 9.48. The Kier molecular flexibility index (Phi) is 3.30. The summed E-state index contributed by atoms with van der Waals surface area (Å²) in [5.41, 5.74) is 0. The van der Waals surface area contributed by atoms with Crippen LogP contribution in [0.5, 0.6) is 0 Å². The Bertz CT molecular complexity index is 309. The van der Waals surface area contributed by atoms with Crippen molar-refractivity contribution in [2.24, 2.45) is 5.92 Å². The number of nitrogens with one attached hydrogen (secondary N) is 1. The molecule has 1 fully saturated rings. The predicted molar refractivity (Wildman–Crippen MR) is 57.2 cm³/mol. The molecule has 1 aromatic rings. The molecule has 0 radical (unpaired) electrons. The summed E-state index contributed by atoms with van der Waals surface area (Å²) in [5.74, 6) is 1.67. The third-order valence-electron chi connectivity index (χ3n) is 3.22. The lowest BCUT2D eigenvalue weighted by atomic mass is 10.1. The molecule has 2 unspecified atom stereocenters. The highest BCUT2D eigenvalue weighted by Gasteiger charge is 2.27. The molecule has 0 spiro atoms. The van der Waals surface area contributed by atoms with Crippen LogP contribution in [0.3, 0.4) is 0 Å². The van der Waals surface area contributed by atoms with Crippen molar-refractivity contribution in [2.45, 2.75) is 45.7 Å². The number of aromatic nitrogens is 4. The lowest BCUT2D eigenvalue weighted by Crippen LogP contribution is -2.21. The van der Waals surface area contributed by atoms with E-state index >= 15 is 0 Å². The molecule has 2 rings (SSSR count). The molecule has 5 nitrogen and oxygen atoms in total. The van der Waals surface area contributed by atoms with Gasteiger partial charge < -0.3 is 5.32 Å². The topological polar surface area (TPSA) is 55.6 Å². The highest BCUT2D eigenvalue weighted by molar-refractivity contribution is 4.88. The minimum absolute atomic E-state index is 0.508. The number of hydrogen-bond donors (Lipinski definition) is 1. The van der Waals surface area contributed by atoms with Gasteiger partial charge in [0.15, 0.2) is 5.82 Å². The summed E-state index contributed by atoms with van der Waals surface area (Å²) in [4.78, 5) is 0. The van der Waals surface area contributed by atoms with Crippen LogP contribution in [0.2, 0.25) is 0 Å². The maximum Gasteiger partial charge on any atom is 0.165 e. The van der Waals surface area contributed by atoms with Crippen molar-refractivity contribution in [3.63, 3.8) is 0 Å². The van der Waals surface area contributed by atoms with Gasteiger partial charge in [-0.05, 0) is 35.7 Å². The maximum atomic E-state index is 4.12. The molecule has 1 heterocycles. The molecule has 0 bridgehead atoms. The smallest absolute Gasteiger partial charge is 0.165 e. The van der Waals surface area contributed by atoms with Crippen molar-refractivity contribution < 1.29 is 0 Å². The monoisotopic (exact) mass is 209 g/mol. The van der Waals surface area contributed by atoms with Crippen molar-refractivity contribution in [3.05, 3.63) is 5.82 Å². The van der Waals surface area contributed by atoms with Crippen molar-refractivity contribution in [1.82, 2.24) is 25.5 Å². The Morgan fingerprint density at radius 3 is 3.00 bits per heavy atom. The van der Waals surface area contributed by atoms with Crippen LogP contribution in [0.15, 0.2) is 0 Å². The first-order valence-corrected chi connectivity index (χ1v) is 5.80. The highest BCUT2D eigenvalue weighted by atomic mass is 15.6. The molecule has 1 aromatic heterocycles. The van der Waals surface area contributed by atoms with Crippen molar-refractivity contribution in [2.75, 3.05) is 6.54 Å². The van der Waals surface area contributed by atoms with Gasteiger partial charge in [-0.25, -0.2) is 4.68 Å². The second-order valence-electron chi connectivity index (χ2n) is 4.30. The van der Waals surface area contributed by atoms with E-state index in [0.29, 0.717) is 12.0 Å². The Morgan fingerprint density at radius 2 is 2.33 bits per heavy atom. The summed E-state index contributed by atoms with van der Waals surface area (Å²) in [6.07, 6.45) is 3.81. The molecule has 0 aromatic carbocycles. The molecule has 0 saturated heterocycles. The lowest BCUT2D eigenvalue weighted by Gasteiger charge is -2.16. The fourth-order valence-electron chi connectivity index (χ4n) is 2.31. The van der Waals surface area contributed by atoms with Crippen LogP contribution in [-0.4, -0.2) is 26.8 Å². The van der Waals surface area contributed by atoms with E-state index in [4.69, 9.17) is 0 Å². The lowest BCUT2D eigenvalue weighted by molar-refractivity contribution is 0.354. The average molecular weight is 209 g/mol. The van der Waals surface area contributed by atoms with E-state index in [-0.39, 0.29) is 0 Å². The van der Waals surface area contributed by atoms with Crippen molar-refractivity contribution in [1.29, 1.82) is 0 Å².